The first-order valence-corrected chi connectivity index (χ1v) is 8.67. The minimum Gasteiger partial charge on any atom is -0.494 e. The van der Waals surface area contributed by atoms with Crippen LogP contribution in [0.1, 0.15) is 19.0 Å². The average molecular weight is 318 g/mol. The summed E-state index contributed by atoms with van der Waals surface area (Å²) in [4.78, 5) is 7.12. The summed E-state index contributed by atoms with van der Waals surface area (Å²) in [5.74, 6) is 1.33. The number of rotatable bonds is 6. The van der Waals surface area contributed by atoms with E-state index in [1.165, 1.54) is 0 Å². The molecule has 3 rings (SSSR count). The highest BCUT2D eigenvalue weighted by Crippen LogP contribution is 2.27. The van der Waals surface area contributed by atoms with Crippen molar-refractivity contribution in [1.29, 1.82) is 0 Å². The first-order chi connectivity index (χ1) is 10.8. The monoisotopic (exact) mass is 318 g/mol. The summed E-state index contributed by atoms with van der Waals surface area (Å²) in [6.07, 6.45) is 1.09. The van der Waals surface area contributed by atoms with Crippen LogP contribution in [0.25, 0.3) is 10.6 Å². The van der Waals surface area contributed by atoms with Crippen LogP contribution in [-0.2, 0) is 6.54 Å². The second kappa shape index (κ2) is 7.22. The lowest BCUT2D eigenvalue weighted by atomic mass is 10.1. The van der Waals surface area contributed by atoms with Crippen molar-refractivity contribution in [3.05, 3.63) is 35.3 Å². The van der Waals surface area contributed by atoms with Crippen molar-refractivity contribution in [3.8, 4) is 16.3 Å². The molecule has 1 saturated heterocycles. The molecule has 0 radical (unpaired) electrons. The van der Waals surface area contributed by atoms with Gasteiger partial charge < -0.3 is 9.84 Å². The van der Waals surface area contributed by atoms with Crippen LogP contribution in [0.4, 0.5) is 0 Å². The number of benzene rings is 1. The largest absolute Gasteiger partial charge is 0.494 e. The van der Waals surface area contributed by atoms with Gasteiger partial charge in [0.1, 0.15) is 10.8 Å². The molecular weight excluding hydrogens is 296 g/mol. The smallest absolute Gasteiger partial charge is 0.123 e. The molecule has 0 spiro atoms. The van der Waals surface area contributed by atoms with Gasteiger partial charge in [0.05, 0.1) is 12.3 Å². The van der Waals surface area contributed by atoms with Crippen molar-refractivity contribution >= 4 is 11.3 Å². The van der Waals surface area contributed by atoms with E-state index in [1.54, 1.807) is 11.3 Å². The van der Waals surface area contributed by atoms with Crippen LogP contribution in [0.2, 0.25) is 0 Å². The molecule has 1 aromatic heterocycles. The van der Waals surface area contributed by atoms with E-state index in [4.69, 9.17) is 9.72 Å². The highest BCUT2D eigenvalue weighted by atomic mass is 32.1. The number of hydrogen-bond donors (Lipinski definition) is 1. The summed E-state index contributed by atoms with van der Waals surface area (Å²) in [7, 11) is 0. The van der Waals surface area contributed by atoms with Crippen molar-refractivity contribution < 1.29 is 9.84 Å². The lowest BCUT2D eigenvalue weighted by Crippen LogP contribution is -2.21. The molecule has 0 bridgehead atoms. The maximum atomic E-state index is 9.21. The highest BCUT2D eigenvalue weighted by Gasteiger charge is 2.22. The van der Waals surface area contributed by atoms with Crippen molar-refractivity contribution in [2.75, 3.05) is 26.3 Å². The number of aliphatic hydroxyl groups is 1. The second-order valence-corrected chi connectivity index (χ2v) is 6.53. The summed E-state index contributed by atoms with van der Waals surface area (Å²) in [6.45, 7) is 5.88. The number of thiazole rings is 1. The van der Waals surface area contributed by atoms with Crippen LogP contribution in [0.5, 0.6) is 5.75 Å². The summed E-state index contributed by atoms with van der Waals surface area (Å²) in [5, 5.41) is 12.4. The second-order valence-electron chi connectivity index (χ2n) is 5.67. The van der Waals surface area contributed by atoms with Gasteiger partial charge in [-0.2, -0.15) is 0 Å². The molecule has 0 aliphatic carbocycles. The van der Waals surface area contributed by atoms with Crippen molar-refractivity contribution in [2.24, 2.45) is 5.92 Å². The van der Waals surface area contributed by atoms with E-state index >= 15 is 0 Å². The molecule has 118 valence electrons. The van der Waals surface area contributed by atoms with Gasteiger partial charge in [-0.1, -0.05) is 0 Å². The van der Waals surface area contributed by atoms with Gasteiger partial charge in [-0.25, -0.2) is 4.98 Å². The Bertz CT molecular complexity index is 597. The first-order valence-electron chi connectivity index (χ1n) is 7.79. The van der Waals surface area contributed by atoms with Gasteiger partial charge in [-0.3, -0.25) is 4.90 Å². The Balaban J connectivity index is 1.63. The summed E-state index contributed by atoms with van der Waals surface area (Å²) in [6, 6.07) is 8.11. The number of ether oxygens (including phenoxy) is 1. The fourth-order valence-corrected chi connectivity index (χ4v) is 3.62. The minimum absolute atomic E-state index is 0.297. The van der Waals surface area contributed by atoms with Crippen LogP contribution in [-0.4, -0.2) is 41.3 Å². The fourth-order valence-electron chi connectivity index (χ4n) is 2.81. The molecule has 22 heavy (non-hydrogen) atoms. The summed E-state index contributed by atoms with van der Waals surface area (Å²) in [5.41, 5.74) is 2.25. The van der Waals surface area contributed by atoms with E-state index in [0.717, 1.165) is 48.1 Å². The molecule has 4 nitrogen and oxygen atoms in total. The van der Waals surface area contributed by atoms with Crippen LogP contribution in [0.15, 0.2) is 29.6 Å². The van der Waals surface area contributed by atoms with Crippen molar-refractivity contribution in [3.63, 3.8) is 0 Å². The Morgan fingerprint density at radius 1 is 1.36 bits per heavy atom. The van der Waals surface area contributed by atoms with Crippen LogP contribution in [0, 0.1) is 5.92 Å². The molecule has 1 fully saturated rings. The van der Waals surface area contributed by atoms with E-state index in [2.05, 4.69) is 22.4 Å². The van der Waals surface area contributed by atoms with Crippen LogP contribution < -0.4 is 4.74 Å². The third-order valence-corrected chi connectivity index (χ3v) is 4.92. The van der Waals surface area contributed by atoms with Gasteiger partial charge in [0.25, 0.3) is 0 Å². The van der Waals surface area contributed by atoms with Gasteiger partial charge in [-0.15, -0.1) is 11.3 Å². The van der Waals surface area contributed by atoms with Crippen LogP contribution >= 0.6 is 11.3 Å². The Morgan fingerprint density at radius 2 is 2.18 bits per heavy atom. The van der Waals surface area contributed by atoms with Gasteiger partial charge in [-0.05, 0) is 50.1 Å². The van der Waals surface area contributed by atoms with Gasteiger partial charge in [0.15, 0.2) is 0 Å². The molecule has 0 saturated carbocycles. The quantitative estimate of drug-likeness (QED) is 0.889. The third-order valence-electron chi connectivity index (χ3n) is 3.98. The van der Waals surface area contributed by atoms with Gasteiger partial charge in [0.2, 0.25) is 0 Å². The highest BCUT2D eigenvalue weighted by molar-refractivity contribution is 7.13. The Hall–Kier alpha value is -1.43. The minimum atomic E-state index is 0.297. The summed E-state index contributed by atoms with van der Waals surface area (Å²) < 4.78 is 5.47. The molecule has 1 aromatic carbocycles. The number of aliphatic hydroxyl groups excluding tert-OH is 1. The van der Waals surface area contributed by atoms with E-state index < -0.39 is 0 Å². The molecule has 0 amide bonds. The van der Waals surface area contributed by atoms with Crippen molar-refractivity contribution in [2.45, 2.75) is 19.9 Å². The average Bonchev–Trinajstić information content (AvgIpc) is 3.18. The molecule has 2 heterocycles. The maximum absolute atomic E-state index is 9.21. The normalized spacial score (nSPS) is 18.7. The number of aromatic nitrogens is 1. The zero-order valence-electron chi connectivity index (χ0n) is 12.9. The Labute approximate surface area is 135 Å². The number of likely N-dealkylation sites (tertiary alicyclic amines) is 1. The van der Waals surface area contributed by atoms with E-state index in [9.17, 15) is 5.11 Å². The molecule has 1 unspecified atom stereocenters. The van der Waals surface area contributed by atoms with E-state index in [1.807, 2.05) is 19.1 Å². The first kappa shape index (κ1) is 15.5. The fraction of sp³-hybridized carbons (Fsp3) is 0.471. The molecule has 1 aliphatic rings. The molecule has 2 aromatic rings. The lowest BCUT2D eigenvalue weighted by Gasteiger charge is -2.13. The predicted octanol–water partition coefficient (Wildman–Crippen LogP) is 3.02. The number of nitrogens with zero attached hydrogens (tertiary/aromatic N) is 2. The zero-order chi connectivity index (χ0) is 15.4. The van der Waals surface area contributed by atoms with E-state index in [0.29, 0.717) is 19.1 Å². The summed E-state index contributed by atoms with van der Waals surface area (Å²) >= 11 is 1.68. The predicted molar refractivity (Wildman–Crippen MR) is 89.2 cm³/mol. The van der Waals surface area contributed by atoms with Gasteiger partial charge >= 0.3 is 0 Å². The molecule has 1 aliphatic heterocycles. The zero-order valence-corrected chi connectivity index (χ0v) is 13.7. The topological polar surface area (TPSA) is 45.6 Å². The van der Waals surface area contributed by atoms with Crippen LogP contribution in [0.3, 0.4) is 0 Å². The third kappa shape index (κ3) is 3.66. The van der Waals surface area contributed by atoms with E-state index in [-0.39, 0.29) is 0 Å². The molecular formula is C17H22N2O2S. The van der Waals surface area contributed by atoms with Gasteiger partial charge in [0, 0.05) is 30.6 Å². The lowest BCUT2D eigenvalue weighted by molar-refractivity contribution is 0.219. The van der Waals surface area contributed by atoms with Crippen molar-refractivity contribution in [1.82, 2.24) is 9.88 Å². The standard InChI is InChI=1S/C17H22N2O2S/c1-2-21-16-5-3-14(4-6-16)17-18-15(12-22-17)10-19-8-7-13(9-19)11-20/h3-6,12-13,20H,2,7-11H2,1H3. The Kier molecular flexibility index (Phi) is 5.08. The maximum Gasteiger partial charge on any atom is 0.123 e. The SMILES string of the molecule is CCOc1ccc(-c2nc(CN3CCC(CO)C3)cs2)cc1. The number of hydrogen-bond acceptors (Lipinski definition) is 5. The Morgan fingerprint density at radius 3 is 2.86 bits per heavy atom. The molecule has 1 atom stereocenters. The molecule has 1 N–H and O–H groups in total. The molecule has 5 heteroatoms.